The van der Waals surface area contributed by atoms with Gasteiger partial charge in [-0.15, -0.1) is 0 Å². The third kappa shape index (κ3) is 3.97. The van der Waals surface area contributed by atoms with Gasteiger partial charge in [0.2, 0.25) is 0 Å². The van der Waals surface area contributed by atoms with Gasteiger partial charge in [-0.05, 0) is 55.4 Å². The van der Waals surface area contributed by atoms with E-state index in [1.165, 1.54) is 54.5 Å². The molecule has 27 heavy (non-hydrogen) atoms. The molecule has 0 N–H and O–H groups in total. The monoisotopic (exact) mass is 369 g/mol. The van der Waals surface area contributed by atoms with Crippen molar-refractivity contribution in [2.24, 2.45) is 5.41 Å². The quantitative estimate of drug-likeness (QED) is 0.471. The zero-order valence-electron chi connectivity index (χ0n) is 18.4. The van der Waals surface area contributed by atoms with E-state index < -0.39 is 0 Å². The molecule has 0 radical (unpaired) electrons. The molecule has 0 unspecified atom stereocenters. The van der Waals surface area contributed by atoms with Crippen LogP contribution in [0.4, 0.5) is 0 Å². The fourth-order valence-corrected chi connectivity index (χ4v) is 5.18. The number of likely N-dealkylation sites (tertiary alicyclic amines) is 1. The normalized spacial score (nSPS) is 29.5. The molecule has 2 aliphatic heterocycles. The van der Waals surface area contributed by atoms with Gasteiger partial charge in [0, 0.05) is 18.2 Å². The van der Waals surface area contributed by atoms with Gasteiger partial charge >= 0.3 is 0 Å². The van der Waals surface area contributed by atoms with Crippen LogP contribution >= 0.6 is 0 Å². The van der Waals surface area contributed by atoms with Crippen LogP contribution in [0.2, 0.25) is 0 Å². The van der Waals surface area contributed by atoms with Gasteiger partial charge < -0.3 is 9.64 Å². The van der Waals surface area contributed by atoms with E-state index in [1.54, 1.807) is 0 Å². The summed E-state index contributed by atoms with van der Waals surface area (Å²) in [7, 11) is 0. The first-order chi connectivity index (χ1) is 12.8. The first kappa shape index (κ1) is 20.5. The molecule has 0 aromatic heterocycles. The second kappa shape index (κ2) is 7.99. The predicted octanol–water partition coefficient (Wildman–Crippen LogP) is 6.56. The van der Waals surface area contributed by atoms with Gasteiger partial charge in [0.05, 0.1) is 18.8 Å². The standard InChI is InChI=1S/C25H39NO/c1-7-8-9-10-14-24(5,6)22-15-21-16-25(17-27-18-25)26(19(2)3)23(21)13-11-12-20(22)4/h11-13,15,19H,7-10,14,16-18H2,1-6H3/b12-11-,13-11?,20-12?,21-15+,22-15?,22-20-,23-13+. The van der Waals surface area contributed by atoms with E-state index in [2.05, 4.69) is 70.7 Å². The summed E-state index contributed by atoms with van der Waals surface area (Å²) in [4.78, 5) is 2.62. The Morgan fingerprint density at radius 1 is 1.19 bits per heavy atom. The van der Waals surface area contributed by atoms with Crippen LogP contribution in [0, 0.1) is 5.41 Å². The Labute approximate surface area is 167 Å². The van der Waals surface area contributed by atoms with Crippen LogP contribution in [0.25, 0.3) is 0 Å². The summed E-state index contributed by atoms with van der Waals surface area (Å²) >= 11 is 0. The number of nitrogens with zero attached hydrogens (tertiary/aromatic N) is 1. The van der Waals surface area contributed by atoms with Gasteiger partial charge in [-0.25, -0.2) is 0 Å². The third-order valence-electron chi connectivity index (χ3n) is 6.61. The lowest BCUT2D eigenvalue weighted by Gasteiger charge is -2.48. The summed E-state index contributed by atoms with van der Waals surface area (Å²) in [5.41, 5.74) is 6.26. The summed E-state index contributed by atoms with van der Waals surface area (Å²) < 4.78 is 5.67. The molecule has 3 rings (SSSR count). The maximum Gasteiger partial charge on any atom is 0.0911 e. The molecule has 0 aromatic carbocycles. The van der Waals surface area contributed by atoms with Crippen molar-refractivity contribution in [1.82, 2.24) is 4.90 Å². The van der Waals surface area contributed by atoms with Gasteiger partial charge in [0.15, 0.2) is 0 Å². The highest BCUT2D eigenvalue weighted by atomic mass is 16.5. The molecule has 1 spiro atoms. The molecule has 2 nitrogen and oxygen atoms in total. The lowest BCUT2D eigenvalue weighted by atomic mass is 9.75. The molecule has 3 aliphatic rings. The van der Waals surface area contributed by atoms with Crippen molar-refractivity contribution in [1.29, 1.82) is 0 Å². The molecule has 0 atom stereocenters. The number of hydrogen-bond donors (Lipinski definition) is 0. The van der Waals surface area contributed by atoms with Crippen LogP contribution in [0.15, 0.2) is 46.7 Å². The second-order valence-electron chi connectivity index (χ2n) is 9.73. The van der Waals surface area contributed by atoms with Crippen molar-refractivity contribution in [3.05, 3.63) is 46.7 Å². The topological polar surface area (TPSA) is 12.5 Å². The van der Waals surface area contributed by atoms with Gasteiger partial charge in [-0.2, -0.15) is 0 Å². The molecular weight excluding hydrogens is 330 g/mol. The maximum atomic E-state index is 5.67. The number of ether oxygens (including phenoxy) is 1. The zero-order valence-corrected chi connectivity index (χ0v) is 18.4. The minimum Gasteiger partial charge on any atom is -0.376 e. The van der Waals surface area contributed by atoms with E-state index in [0.29, 0.717) is 6.04 Å². The Morgan fingerprint density at radius 2 is 1.93 bits per heavy atom. The molecule has 0 aromatic rings. The molecule has 0 saturated carbocycles. The van der Waals surface area contributed by atoms with E-state index in [-0.39, 0.29) is 11.0 Å². The van der Waals surface area contributed by atoms with Crippen molar-refractivity contribution >= 4 is 0 Å². The van der Waals surface area contributed by atoms with Crippen LogP contribution < -0.4 is 0 Å². The molecule has 2 saturated heterocycles. The third-order valence-corrected chi connectivity index (χ3v) is 6.61. The number of hydrogen-bond acceptors (Lipinski definition) is 2. The molecule has 2 heterocycles. The fraction of sp³-hybridized carbons (Fsp3) is 0.680. The summed E-state index contributed by atoms with van der Waals surface area (Å²) in [6.45, 7) is 15.8. The average Bonchev–Trinajstić information content (AvgIpc) is 2.89. The van der Waals surface area contributed by atoms with Crippen molar-refractivity contribution in [2.45, 2.75) is 91.6 Å². The Morgan fingerprint density at radius 3 is 2.52 bits per heavy atom. The highest BCUT2D eigenvalue weighted by Gasteiger charge is 2.52. The van der Waals surface area contributed by atoms with E-state index in [4.69, 9.17) is 4.74 Å². The summed E-state index contributed by atoms with van der Waals surface area (Å²) in [6.07, 6.45) is 17.1. The Kier molecular flexibility index (Phi) is 6.05. The average molecular weight is 370 g/mol. The Bertz CT molecular complexity index is 670. The van der Waals surface area contributed by atoms with Gasteiger partial charge in [0.25, 0.3) is 0 Å². The number of unbranched alkanes of at least 4 members (excludes halogenated alkanes) is 3. The highest BCUT2D eigenvalue weighted by molar-refractivity contribution is 5.51. The Balaban J connectivity index is 1.91. The van der Waals surface area contributed by atoms with Gasteiger partial charge in [-0.1, -0.05) is 64.7 Å². The molecule has 1 aliphatic carbocycles. The largest absolute Gasteiger partial charge is 0.376 e. The van der Waals surface area contributed by atoms with Crippen LogP contribution in [-0.2, 0) is 4.74 Å². The number of rotatable bonds is 7. The van der Waals surface area contributed by atoms with Gasteiger partial charge in [-0.3, -0.25) is 0 Å². The highest BCUT2D eigenvalue weighted by Crippen LogP contribution is 2.48. The minimum atomic E-state index is 0.189. The molecule has 0 amide bonds. The van der Waals surface area contributed by atoms with Crippen molar-refractivity contribution in [3.8, 4) is 0 Å². The molecule has 150 valence electrons. The van der Waals surface area contributed by atoms with E-state index in [0.717, 1.165) is 19.6 Å². The first-order valence-electron chi connectivity index (χ1n) is 11.0. The van der Waals surface area contributed by atoms with Crippen molar-refractivity contribution in [3.63, 3.8) is 0 Å². The Hall–Kier alpha value is -1.28. The first-order valence-corrected chi connectivity index (χ1v) is 11.0. The summed E-state index contributed by atoms with van der Waals surface area (Å²) in [6, 6.07) is 0.495. The number of allylic oxidation sites excluding steroid dienone is 7. The minimum absolute atomic E-state index is 0.189. The molecule has 2 heteroatoms. The lowest BCUT2D eigenvalue weighted by Crippen LogP contribution is -2.60. The van der Waals surface area contributed by atoms with Crippen LogP contribution in [0.3, 0.4) is 0 Å². The number of fused-ring (bicyclic) bond motifs is 1. The van der Waals surface area contributed by atoms with Crippen LogP contribution in [-0.4, -0.2) is 29.7 Å². The summed E-state index contributed by atoms with van der Waals surface area (Å²) in [5, 5.41) is 0. The van der Waals surface area contributed by atoms with E-state index >= 15 is 0 Å². The summed E-state index contributed by atoms with van der Waals surface area (Å²) in [5.74, 6) is 0. The van der Waals surface area contributed by atoms with Crippen molar-refractivity contribution in [2.75, 3.05) is 13.2 Å². The van der Waals surface area contributed by atoms with Crippen LogP contribution in [0.1, 0.15) is 80.1 Å². The molecule has 2 fully saturated rings. The zero-order chi connectivity index (χ0) is 19.7. The molecular formula is C25H39NO. The predicted molar refractivity (Wildman–Crippen MR) is 116 cm³/mol. The maximum absolute atomic E-state index is 5.67. The smallest absolute Gasteiger partial charge is 0.0911 e. The van der Waals surface area contributed by atoms with Crippen molar-refractivity contribution < 1.29 is 4.74 Å². The second-order valence-corrected chi connectivity index (χ2v) is 9.73. The molecule has 0 bridgehead atoms. The van der Waals surface area contributed by atoms with Crippen LogP contribution in [0.5, 0.6) is 0 Å². The van der Waals surface area contributed by atoms with E-state index in [1.807, 2.05) is 0 Å². The van der Waals surface area contributed by atoms with E-state index in [9.17, 15) is 0 Å². The van der Waals surface area contributed by atoms with Gasteiger partial charge in [0.1, 0.15) is 0 Å². The fourth-order valence-electron chi connectivity index (χ4n) is 5.18. The SMILES string of the molecule is CCCCCCC(C)(C)C1=C(C)\C=C/C=C2\C(=C\1)CC1(COC1)N2C(C)C. The lowest BCUT2D eigenvalue weighted by molar-refractivity contribution is -0.123.